The van der Waals surface area contributed by atoms with Crippen molar-refractivity contribution in [3.05, 3.63) is 71.2 Å². The van der Waals surface area contributed by atoms with E-state index in [1.807, 2.05) is 49.4 Å². The van der Waals surface area contributed by atoms with Crippen LogP contribution >= 0.6 is 23.8 Å². The lowest BCUT2D eigenvalue weighted by Crippen LogP contribution is -2.35. The number of anilines is 2. The van der Waals surface area contributed by atoms with Crippen molar-refractivity contribution >= 4 is 62.9 Å². The molecule has 0 fully saturated rings. The number of carbonyl (C=O) groups excluding carboxylic acids is 2. The molecule has 0 atom stereocenters. The number of hydrogen-bond acceptors (Lipinski definition) is 3. The number of nitrogens with one attached hydrogen (secondary N) is 3. The largest absolute Gasteiger partial charge is 0.331 e. The molecule has 0 radical (unpaired) electrons. The van der Waals surface area contributed by atoms with E-state index in [9.17, 15) is 9.59 Å². The molecule has 0 bridgehead atoms. The summed E-state index contributed by atoms with van der Waals surface area (Å²) in [5.74, 6) is -0.302. The predicted octanol–water partition coefficient (Wildman–Crippen LogP) is 5.29. The van der Waals surface area contributed by atoms with Gasteiger partial charge in [0.25, 0.3) is 0 Å². The van der Waals surface area contributed by atoms with Gasteiger partial charge >= 0.3 is 0 Å². The third-order valence-corrected chi connectivity index (χ3v) is 4.99. The molecule has 154 valence electrons. The van der Waals surface area contributed by atoms with E-state index < -0.39 is 0 Å². The van der Waals surface area contributed by atoms with Gasteiger partial charge in [-0.15, -0.1) is 0 Å². The molecule has 0 saturated carbocycles. The van der Waals surface area contributed by atoms with Gasteiger partial charge in [0.05, 0.1) is 17.1 Å². The fourth-order valence-electron chi connectivity index (χ4n) is 3.09. The van der Waals surface area contributed by atoms with Gasteiger partial charge in [0.2, 0.25) is 11.8 Å². The quantitative estimate of drug-likeness (QED) is 0.456. The average Bonchev–Trinajstić information content (AvgIpc) is 2.71. The number of carbonyl (C=O) groups is 2. The lowest BCUT2D eigenvalue weighted by Gasteiger charge is -2.13. The number of hydrogen-bond donors (Lipinski definition) is 3. The molecule has 5 nitrogen and oxygen atoms in total. The molecule has 30 heavy (non-hydrogen) atoms. The SMILES string of the molecule is CCCC(=O)Nc1ccc(Cl)c(NC(=S)NC(=O)Cc2cccc3ccccc23)c1. The van der Waals surface area contributed by atoms with Crippen molar-refractivity contribution < 1.29 is 9.59 Å². The van der Waals surface area contributed by atoms with Gasteiger partial charge in [-0.1, -0.05) is 61.0 Å². The topological polar surface area (TPSA) is 70.2 Å². The van der Waals surface area contributed by atoms with Gasteiger partial charge in [-0.2, -0.15) is 0 Å². The first-order valence-electron chi connectivity index (χ1n) is 9.63. The first kappa shape index (κ1) is 21.7. The molecule has 7 heteroatoms. The summed E-state index contributed by atoms with van der Waals surface area (Å²) in [6, 6.07) is 18.8. The van der Waals surface area contributed by atoms with E-state index in [0.29, 0.717) is 22.8 Å². The number of thiocarbonyl (C=S) groups is 1. The molecule has 2 amide bonds. The fraction of sp³-hybridized carbons (Fsp3) is 0.174. The van der Waals surface area contributed by atoms with Crippen LogP contribution in [0.4, 0.5) is 11.4 Å². The Bertz CT molecular complexity index is 1100. The van der Waals surface area contributed by atoms with Gasteiger partial charge in [0.15, 0.2) is 5.11 Å². The minimum absolute atomic E-state index is 0.0725. The van der Waals surface area contributed by atoms with Crippen molar-refractivity contribution in [3.8, 4) is 0 Å². The standard InChI is InChI=1S/C23H22ClN3O2S/c1-2-6-21(28)25-17-11-12-19(24)20(14-17)26-23(30)27-22(29)13-16-9-5-8-15-7-3-4-10-18(15)16/h3-5,7-12,14H,2,6,13H2,1H3,(H,25,28)(H2,26,27,29,30). The second-order valence-corrected chi connectivity index (χ2v) is 7.63. The lowest BCUT2D eigenvalue weighted by atomic mass is 10.0. The molecule has 0 heterocycles. The van der Waals surface area contributed by atoms with Crippen LogP contribution in [0.25, 0.3) is 10.8 Å². The maximum Gasteiger partial charge on any atom is 0.230 e. The highest BCUT2D eigenvalue weighted by molar-refractivity contribution is 7.80. The molecule has 0 aliphatic rings. The minimum Gasteiger partial charge on any atom is -0.331 e. The van der Waals surface area contributed by atoms with Gasteiger partial charge in [0.1, 0.15) is 0 Å². The maximum absolute atomic E-state index is 12.5. The zero-order chi connectivity index (χ0) is 21.5. The second kappa shape index (κ2) is 10.2. The molecule has 3 aromatic carbocycles. The summed E-state index contributed by atoms with van der Waals surface area (Å²) in [6.45, 7) is 1.94. The molecule has 0 spiro atoms. The number of amides is 2. The monoisotopic (exact) mass is 439 g/mol. The molecule has 0 aliphatic heterocycles. The highest BCUT2D eigenvalue weighted by atomic mass is 35.5. The van der Waals surface area contributed by atoms with Crippen molar-refractivity contribution in [2.24, 2.45) is 0 Å². The Morgan fingerprint density at radius 3 is 2.53 bits per heavy atom. The van der Waals surface area contributed by atoms with Crippen molar-refractivity contribution in [2.45, 2.75) is 26.2 Å². The Hall–Kier alpha value is -2.96. The van der Waals surface area contributed by atoms with Crippen LogP contribution < -0.4 is 16.0 Å². The first-order chi connectivity index (χ1) is 14.5. The normalized spacial score (nSPS) is 10.5. The Labute approximate surface area is 185 Å². The van der Waals surface area contributed by atoms with Gasteiger partial charge in [0, 0.05) is 12.1 Å². The van der Waals surface area contributed by atoms with E-state index in [1.54, 1.807) is 18.2 Å². The molecule has 3 rings (SSSR count). The Balaban J connectivity index is 1.63. The summed E-state index contributed by atoms with van der Waals surface area (Å²) in [5, 5.41) is 11.1. The average molecular weight is 440 g/mol. The van der Waals surface area contributed by atoms with E-state index >= 15 is 0 Å². The predicted molar refractivity (Wildman–Crippen MR) is 127 cm³/mol. The summed E-state index contributed by atoms with van der Waals surface area (Å²) in [5.41, 5.74) is 2.03. The van der Waals surface area contributed by atoms with Gasteiger partial charge in [-0.05, 0) is 53.2 Å². The molecule has 0 unspecified atom stereocenters. The Kier molecular flexibility index (Phi) is 7.38. The highest BCUT2D eigenvalue weighted by Gasteiger charge is 2.11. The molecule has 3 N–H and O–H groups in total. The highest BCUT2D eigenvalue weighted by Crippen LogP contribution is 2.26. The van der Waals surface area contributed by atoms with Crippen LogP contribution in [-0.4, -0.2) is 16.9 Å². The number of rotatable bonds is 6. The van der Waals surface area contributed by atoms with E-state index in [0.717, 1.165) is 22.8 Å². The molecule has 0 aromatic heterocycles. The van der Waals surface area contributed by atoms with Crippen molar-refractivity contribution in [2.75, 3.05) is 10.6 Å². The van der Waals surface area contributed by atoms with Gasteiger partial charge in [-0.3, -0.25) is 9.59 Å². The smallest absolute Gasteiger partial charge is 0.230 e. The number of benzene rings is 3. The number of halogens is 1. The van der Waals surface area contributed by atoms with Crippen LogP contribution in [0.5, 0.6) is 0 Å². The summed E-state index contributed by atoms with van der Waals surface area (Å²) >= 11 is 11.5. The third-order valence-electron chi connectivity index (χ3n) is 4.46. The molecule has 0 saturated heterocycles. The van der Waals surface area contributed by atoms with Crippen LogP contribution in [-0.2, 0) is 16.0 Å². The molecule has 3 aromatic rings. The van der Waals surface area contributed by atoms with E-state index in [-0.39, 0.29) is 23.3 Å². The van der Waals surface area contributed by atoms with Crippen LogP contribution in [0.1, 0.15) is 25.3 Å². The zero-order valence-corrected chi connectivity index (χ0v) is 18.1. The second-order valence-electron chi connectivity index (χ2n) is 6.81. The Morgan fingerprint density at radius 2 is 1.73 bits per heavy atom. The molecule has 0 aliphatic carbocycles. The Morgan fingerprint density at radius 1 is 0.967 bits per heavy atom. The molecular formula is C23H22ClN3O2S. The first-order valence-corrected chi connectivity index (χ1v) is 10.4. The van der Waals surface area contributed by atoms with Crippen LogP contribution in [0, 0.1) is 0 Å². The minimum atomic E-state index is -0.229. The van der Waals surface area contributed by atoms with Gasteiger partial charge < -0.3 is 16.0 Å². The summed E-state index contributed by atoms with van der Waals surface area (Å²) in [7, 11) is 0. The van der Waals surface area contributed by atoms with Crippen LogP contribution in [0.15, 0.2) is 60.7 Å². The molecular weight excluding hydrogens is 418 g/mol. The van der Waals surface area contributed by atoms with Crippen molar-refractivity contribution in [3.63, 3.8) is 0 Å². The maximum atomic E-state index is 12.5. The van der Waals surface area contributed by atoms with E-state index in [1.165, 1.54) is 0 Å². The van der Waals surface area contributed by atoms with Crippen LogP contribution in [0.2, 0.25) is 5.02 Å². The van der Waals surface area contributed by atoms with E-state index in [2.05, 4.69) is 16.0 Å². The van der Waals surface area contributed by atoms with E-state index in [4.69, 9.17) is 23.8 Å². The van der Waals surface area contributed by atoms with Crippen molar-refractivity contribution in [1.29, 1.82) is 0 Å². The van der Waals surface area contributed by atoms with Crippen molar-refractivity contribution in [1.82, 2.24) is 5.32 Å². The lowest BCUT2D eigenvalue weighted by molar-refractivity contribution is -0.119. The zero-order valence-electron chi connectivity index (χ0n) is 16.5. The number of fused-ring (bicyclic) bond motifs is 1. The fourth-order valence-corrected chi connectivity index (χ4v) is 3.48. The third kappa shape index (κ3) is 5.78. The van der Waals surface area contributed by atoms with Gasteiger partial charge in [-0.25, -0.2) is 0 Å². The summed E-state index contributed by atoms with van der Waals surface area (Å²) in [4.78, 5) is 24.3. The summed E-state index contributed by atoms with van der Waals surface area (Å²) < 4.78 is 0. The van der Waals surface area contributed by atoms with Crippen LogP contribution in [0.3, 0.4) is 0 Å². The summed E-state index contributed by atoms with van der Waals surface area (Å²) in [6.07, 6.45) is 1.40.